The molecule has 2 heteroatoms. The maximum atomic E-state index is 11.0. The van der Waals surface area contributed by atoms with E-state index < -0.39 is 0 Å². The molecule has 1 atom stereocenters. The Hall–Kier alpha value is -0.790. The minimum atomic E-state index is -0.0732. The zero-order valence-electron chi connectivity index (χ0n) is 7.09. The first-order valence-electron chi connectivity index (χ1n) is 4.14. The Morgan fingerprint density at radius 3 is 2.82 bits per heavy atom. The van der Waals surface area contributed by atoms with Crippen LogP contribution in [-0.2, 0) is 9.53 Å². The molecule has 0 saturated carbocycles. The number of carbonyl (C=O) groups excluding carboxylic acids is 1. The summed E-state index contributed by atoms with van der Waals surface area (Å²) in [6, 6.07) is 0. The van der Waals surface area contributed by atoms with E-state index in [1.165, 1.54) is 0 Å². The lowest BCUT2D eigenvalue weighted by atomic mass is 10.0. The van der Waals surface area contributed by atoms with Crippen LogP contribution in [-0.4, -0.2) is 5.97 Å². The molecule has 1 unspecified atom stereocenters. The highest BCUT2D eigenvalue weighted by molar-refractivity contribution is 5.78. The third-order valence-corrected chi connectivity index (χ3v) is 1.87. The van der Waals surface area contributed by atoms with Crippen LogP contribution >= 0.6 is 0 Å². The molecule has 0 radical (unpaired) electrons. The van der Waals surface area contributed by atoms with Gasteiger partial charge in [0, 0.05) is 0 Å². The molecule has 1 heterocycles. The number of hydrogen-bond donors (Lipinski definition) is 0. The summed E-state index contributed by atoms with van der Waals surface area (Å²) in [4.78, 5) is 11.0. The van der Waals surface area contributed by atoms with E-state index in [0.717, 1.165) is 25.0 Å². The van der Waals surface area contributed by atoms with Crippen molar-refractivity contribution in [1.82, 2.24) is 0 Å². The molecule has 0 fully saturated rings. The SMILES string of the molecule is CCCCC1C=C(C)OC1=O. The molecular formula is C9H14O2. The van der Waals surface area contributed by atoms with Crippen molar-refractivity contribution in [3.63, 3.8) is 0 Å². The highest BCUT2D eigenvalue weighted by Gasteiger charge is 2.23. The van der Waals surface area contributed by atoms with Crippen molar-refractivity contribution in [2.45, 2.75) is 33.1 Å². The monoisotopic (exact) mass is 154 g/mol. The van der Waals surface area contributed by atoms with Crippen LogP contribution in [0.15, 0.2) is 11.8 Å². The summed E-state index contributed by atoms with van der Waals surface area (Å²) < 4.78 is 4.89. The molecule has 0 aromatic rings. The van der Waals surface area contributed by atoms with Gasteiger partial charge in [0.25, 0.3) is 0 Å². The number of allylic oxidation sites excluding steroid dienone is 1. The van der Waals surface area contributed by atoms with Gasteiger partial charge in [0.15, 0.2) is 0 Å². The van der Waals surface area contributed by atoms with E-state index in [9.17, 15) is 4.79 Å². The lowest BCUT2D eigenvalue weighted by molar-refractivity contribution is -0.140. The number of ether oxygens (including phenoxy) is 1. The molecule has 1 rings (SSSR count). The minimum absolute atomic E-state index is 0.0370. The summed E-state index contributed by atoms with van der Waals surface area (Å²) >= 11 is 0. The molecular weight excluding hydrogens is 140 g/mol. The second-order valence-electron chi connectivity index (χ2n) is 2.95. The zero-order chi connectivity index (χ0) is 8.27. The van der Waals surface area contributed by atoms with E-state index >= 15 is 0 Å². The average molecular weight is 154 g/mol. The van der Waals surface area contributed by atoms with Crippen molar-refractivity contribution in [2.24, 2.45) is 5.92 Å². The molecule has 0 spiro atoms. The molecule has 1 aliphatic heterocycles. The van der Waals surface area contributed by atoms with Crippen LogP contribution in [0.2, 0.25) is 0 Å². The van der Waals surface area contributed by atoms with Gasteiger partial charge < -0.3 is 4.74 Å². The second kappa shape index (κ2) is 3.56. The first-order valence-corrected chi connectivity index (χ1v) is 4.14. The van der Waals surface area contributed by atoms with Crippen LogP contribution in [0, 0.1) is 5.92 Å². The average Bonchev–Trinajstić information content (AvgIpc) is 2.26. The van der Waals surface area contributed by atoms with E-state index in [0.29, 0.717) is 0 Å². The fourth-order valence-corrected chi connectivity index (χ4v) is 1.24. The first kappa shape index (κ1) is 8.31. The van der Waals surface area contributed by atoms with Gasteiger partial charge >= 0.3 is 5.97 Å². The van der Waals surface area contributed by atoms with Crippen molar-refractivity contribution in [3.05, 3.63) is 11.8 Å². The van der Waals surface area contributed by atoms with Crippen molar-refractivity contribution < 1.29 is 9.53 Å². The highest BCUT2D eigenvalue weighted by Crippen LogP contribution is 2.21. The molecule has 2 nitrogen and oxygen atoms in total. The largest absolute Gasteiger partial charge is 0.431 e. The number of rotatable bonds is 3. The second-order valence-corrected chi connectivity index (χ2v) is 2.95. The van der Waals surface area contributed by atoms with Gasteiger partial charge in [-0.05, 0) is 19.4 Å². The predicted molar refractivity (Wildman–Crippen MR) is 42.9 cm³/mol. The molecule has 62 valence electrons. The molecule has 0 N–H and O–H groups in total. The van der Waals surface area contributed by atoms with Gasteiger partial charge in [-0.25, -0.2) is 0 Å². The quantitative estimate of drug-likeness (QED) is 0.583. The third kappa shape index (κ3) is 2.07. The summed E-state index contributed by atoms with van der Waals surface area (Å²) in [5, 5.41) is 0. The van der Waals surface area contributed by atoms with Crippen molar-refractivity contribution in [2.75, 3.05) is 0 Å². The summed E-state index contributed by atoms with van der Waals surface area (Å²) in [6.45, 7) is 3.95. The number of esters is 1. The van der Waals surface area contributed by atoms with E-state index in [4.69, 9.17) is 4.74 Å². The van der Waals surface area contributed by atoms with Gasteiger partial charge in [0.05, 0.1) is 5.92 Å². The lowest BCUT2D eigenvalue weighted by Gasteiger charge is -2.01. The summed E-state index contributed by atoms with van der Waals surface area (Å²) in [7, 11) is 0. The van der Waals surface area contributed by atoms with Gasteiger partial charge in [-0.1, -0.05) is 19.8 Å². The molecule has 0 aliphatic carbocycles. The number of unbranched alkanes of at least 4 members (excludes halogenated alkanes) is 1. The van der Waals surface area contributed by atoms with E-state index in [-0.39, 0.29) is 11.9 Å². The zero-order valence-corrected chi connectivity index (χ0v) is 7.09. The van der Waals surface area contributed by atoms with Crippen LogP contribution in [0.5, 0.6) is 0 Å². The number of carbonyl (C=O) groups is 1. The fraction of sp³-hybridized carbons (Fsp3) is 0.667. The van der Waals surface area contributed by atoms with E-state index in [2.05, 4.69) is 6.92 Å². The van der Waals surface area contributed by atoms with Gasteiger partial charge in [-0.2, -0.15) is 0 Å². The van der Waals surface area contributed by atoms with Crippen molar-refractivity contribution in [1.29, 1.82) is 0 Å². The van der Waals surface area contributed by atoms with Crippen LogP contribution in [0.1, 0.15) is 33.1 Å². The highest BCUT2D eigenvalue weighted by atomic mass is 16.5. The van der Waals surface area contributed by atoms with Gasteiger partial charge in [-0.15, -0.1) is 0 Å². The first-order chi connectivity index (χ1) is 5.24. The standard InChI is InChI=1S/C9H14O2/c1-3-4-5-8-6-7(2)11-9(8)10/h6,8H,3-5H2,1-2H3. The van der Waals surface area contributed by atoms with Gasteiger partial charge in [-0.3, -0.25) is 4.79 Å². The maximum absolute atomic E-state index is 11.0. The van der Waals surface area contributed by atoms with Crippen molar-refractivity contribution >= 4 is 5.97 Å². The maximum Gasteiger partial charge on any atom is 0.317 e. The Balaban J connectivity index is 2.39. The number of hydrogen-bond acceptors (Lipinski definition) is 2. The topological polar surface area (TPSA) is 26.3 Å². The third-order valence-electron chi connectivity index (χ3n) is 1.87. The summed E-state index contributed by atoms with van der Waals surface area (Å²) in [6.07, 6.45) is 5.09. The Labute approximate surface area is 67.2 Å². The Morgan fingerprint density at radius 1 is 1.64 bits per heavy atom. The molecule has 1 aliphatic rings. The van der Waals surface area contributed by atoms with Crippen LogP contribution in [0.4, 0.5) is 0 Å². The smallest absolute Gasteiger partial charge is 0.317 e. The molecule has 0 bridgehead atoms. The predicted octanol–water partition coefficient (Wildman–Crippen LogP) is 2.25. The Morgan fingerprint density at radius 2 is 2.36 bits per heavy atom. The number of cyclic esters (lactones) is 1. The van der Waals surface area contributed by atoms with Crippen LogP contribution in [0.25, 0.3) is 0 Å². The minimum Gasteiger partial charge on any atom is -0.431 e. The van der Waals surface area contributed by atoms with Gasteiger partial charge in [0.2, 0.25) is 0 Å². The summed E-state index contributed by atoms with van der Waals surface area (Å²) in [5.74, 6) is 0.724. The normalized spacial score (nSPS) is 23.3. The van der Waals surface area contributed by atoms with Crippen LogP contribution < -0.4 is 0 Å². The molecule has 0 aromatic carbocycles. The fourth-order valence-electron chi connectivity index (χ4n) is 1.24. The lowest BCUT2D eigenvalue weighted by Crippen LogP contribution is -2.07. The van der Waals surface area contributed by atoms with E-state index in [1.807, 2.05) is 13.0 Å². The Kier molecular flexibility index (Phi) is 2.69. The molecule has 0 aromatic heterocycles. The van der Waals surface area contributed by atoms with Gasteiger partial charge in [0.1, 0.15) is 5.76 Å². The molecule has 11 heavy (non-hydrogen) atoms. The van der Waals surface area contributed by atoms with Crippen LogP contribution in [0.3, 0.4) is 0 Å². The molecule has 0 amide bonds. The van der Waals surface area contributed by atoms with E-state index in [1.54, 1.807) is 0 Å². The molecule has 0 saturated heterocycles. The summed E-state index contributed by atoms with van der Waals surface area (Å²) in [5.41, 5.74) is 0. The van der Waals surface area contributed by atoms with Crippen molar-refractivity contribution in [3.8, 4) is 0 Å². The Bertz CT molecular complexity index is 182.